The number of esters is 1. The highest BCUT2D eigenvalue weighted by molar-refractivity contribution is 5.86. The lowest BCUT2D eigenvalue weighted by Gasteiger charge is -2.05. The molecule has 13 heavy (non-hydrogen) atoms. The van der Waals surface area contributed by atoms with Crippen molar-refractivity contribution in [2.45, 2.75) is 20.0 Å². The first kappa shape index (κ1) is 9.44. The smallest absolute Gasteiger partial charge is 0.362 e. The molecule has 0 fully saturated rings. The molecule has 5 nitrogen and oxygen atoms in total. The average molecular weight is 182 g/mol. The van der Waals surface area contributed by atoms with Crippen molar-refractivity contribution in [1.82, 2.24) is 9.97 Å². The Balaban J connectivity index is 2.90. The number of ether oxygens (including phenoxy) is 1. The summed E-state index contributed by atoms with van der Waals surface area (Å²) in [6.45, 7) is 3.41. The van der Waals surface area contributed by atoms with Gasteiger partial charge in [0.15, 0.2) is 0 Å². The first-order valence-corrected chi connectivity index (χ1v) is 3.86. The van der Waals surface area contributed by atoms with E-state index < -0.39 is 11.5 Å². The van der Waals surface area contributed by atoms with Crippen molar-refractivity contribution in [3.8, 4) is 0 Å². The largest absolute Gasteiger partial charge is 0.458 e. The Morgan fingerprint density at radius 1 is 1.62 bits per heavy atom. The van der Waals surface area contributed by atoms with Crippen LogP contribution in [0.4, 0.5) is 0 Å². The molecule has 0 aromatic carbocycles. The number of aromatic amines is 1. The van der Waals surface area contributed by atoms with E-state index in [0.29, 0.717) is 0 Å². The van der Waals surface area contributed by atoms with Gasteiger partial charge in [-0.1, -0.05) is 0 Å². The van der Waals surface area contributed by atoms with Crippen molar-refractivity contribution in [3.63, 3.8) is 0 Å². The standard InChI is InChI=1S/C8H10N2O3/c1-5(2)13-8(12)6-7(11)10-4-3-9-6/h3-5H,1-2H3,(H,10,11). The molecule has 0 spiro atoms. The van der Waals surface area contributed by atoms with Crippen molar-refractivity contribution in [2.75, 3.05) is 0 Å². The molecule has 1 aromatic heterocycles. The zero-order valence-corrected chi connectivity index (χ0v) is 7.40. The fourth-order valence-corrected chi connectivity index (χ4v) is 0.767. The van der Waals surface area contributed by atoms with Crippen LogP contribution in [-0.2, 0) is 4.74 Å². The summed E-state index contributed by atoms with van der Waals surface area (Å²) in [6.07, 6.45) is 2.43. The Kier molecular flexibility index (Phi) is 2.79. The maximum atomic E-state index is 11.2. The Labute approximate surface area is 74.8 Å². The van der Waals surface area contributed by atoms with Gasteiger partial charge in [0.2, 0.25) is 5.69 Å². The summed E-state index contributed by atoms with van der Waals surface area (Å²) < 4.78 is 4.80. The number of hydrogen-bond donors (Lipinski definition) is 1. The summed E-state index contributed by atoms with van der Waals surface area (Å²) >= 11 is 0. The minimum atomic E-state index is -0.697. The molecule has 1 N–H and O–H groups in total. The molecule has 5 heteroatoms. The van der Waals surface area contributed by atoms with E-state index in [2.05, 4.69) is 9.97 Å². The van der Waals surface area contributed by atoms with E-state index in [1.807, 2.05) is 0 Å². The van der Waals surface area contributed by atoms with Gasteiger partial charge in [-0.15, -0.1) is 0 Å². The van der Waals surface area contributed by atoms with E-state index in [1.54, 1.807) is 13.8 Å². The number of aromatic nitrogens is 2. The molecule has 0 unspecified atom stereocenters. The van der Waals surface area contributed by atoms with Crippen LogP contribution in [0.25, 0.3) is 0 Å². The fourth-order valence-electron chi connectivity index (χ4n) is 0.767. The number of H-pyrrole nitrogens is 1. The molecule has 1 heterocycles. The topological polar surface area (TPSA) is 72.0 Å². The van der Waals surface area contributed by atoms with Crippen LogP contribution in [0, 0.1) is 0 Å². The zero-order valence-electron chi connectivity index (χ0n) is 7.40. The minimum Gasteiger partial charge on any atom is -0.458 e. The SMILES string of the molecule is CC(C)OC(=O)c1ncc[nH]c1=O. The summed E-state index contributed by atoms with van der Waals surface area (Å²) in [5.41, 5.74) is -0.746. The van der Waals surface area contributed by atoms with Gasteiger partial charge in [-0.05, 0) is 13.8 Å². The maximum absolute atomic E-state index is 11.2. The first-order valence-electron chi connectivity index (χ1n) is 3.86. The molecule has 0 atom stereocenters. The number of nitrogens with one attached hydrogen (secondary N) is 1. The van der Waals surface area contributed by atoms with E-state index in [-0.39, 0.29) is 11.8 Å². The van der Waals surface area contributed by atoms with Crippen molar-refractivity contribution >= 4 is 5.97 Å². The van der Waals surface area contributed by atoms with Crippen molar-refractivity contribution in [1.29, 1.82) is 0 Å². The number of rotatable bonds is 2. The van der Waals surface area contributed by atoms with Gasteiger partial charge in [0.05, 0.1) is 6.10 Å². The number of nitrogens with zero attached hydrogens (tertiary/aromatic N) is 1. The summed E-state index contributed by atoms with van der Waals surface area (Å²) in [6, 6.07) is 0. The van der Waals surface area contributed by atoms with Crippen molar-refractivity contribution in [2.24, 2.45) is 0 Å². The molecule has 0 aliphatic rings. The Hall–Kier alpha value is -1.65. The third kappa shape index (κ3) is 2.40. The predicted molar refractivity (Wildman–Crippen MR) is 45.4 cm³/mol. The van der Waals surface area contributed by atoms with Gasteiger partial charge in [-0.3, -0.25) is 4.79 Å². The predicted octanol–water partition coefficient (Wildman–Crippen LogP) is 0.335. The second kappa shape index (κ2) is 3.84. The highest BCUT2D eigenvalue weighted by atomic mass is 16.5. The Bertz CT molecular complexity index is 356. The Morgan fingerprint density at radius 2 is 2.31 bits per heavy atom. The number of hydrogen-bond acceptors (Lipinski definition) is 4. The molecule has 1 aromatic rings. The average Bonchev–Trinajstić information content (AvgIpc) is 2.03. The molecule has 0 amide bonds. The van der Waals surface area contributed by atoms with Gasteiger partial charge in [-0.2, -0.15) is 0 Å². The molecular weight excluding hydrogens is 172 g/mol. The molecular formula is C8H10N2O3. The van der Waals surface area contributed by atoms with Crippen LogP contribution >= 0.6 is 0 Å². The van der Waals surface area contributed by atoms with E-state index in [4.69, 9.17) is 4.74 Å². The second-order valence-corrected chi connectivity index (χ2v) is 2.72. The van der Waals surface area contributed by atoms with Gasteiger partial charge < -0.3 is 9.72 Å². The lowest BCUT2D eigenvalue weighted by atomic mass is 10.4. The van der Waals surface area contributed by atoms with E-state index in [9.17, 15) is 9.59 Å². The zero-order chi connectivity index (χ0) is 9.84. The third-order valence-corrected chi connectivity index (χ3v) is 1.24. The molecule has 1 rings (SSSR count). The van der Waals surface area contributed by atoms with Crippen LogP contribution in [-0.4, -0.2) is 22.0 Å². The minimum absolute atomic E-state index is 0.212. The number of carbonyl (C=O) groups excluding carboxylic acids is 1. The molecule has 0 saturated carbocycles. The van der Waals surface area contributed by atoms with Gasteiger partial charge in [0.25, 0.3) is 5.56 Å². The molecule has 0 bridgehead atoms. The quantitative estimate of drug-likeness (QED) is 0.669. The monoisotopic (exact) mass is 182 g/mol. The van der Waals surface area contributed by atoms with Gasteiger partial charge >= 0.3 is 5.97 Å². The van der Waals surface area contributed by atoms with E-state index >= 15 is 0 Å². The Morgan fingerprint density at radius 3 is 2.85 bits per heavy atom. The van der Waals surface area contributed by atoms with Crippen LogP contribution in [0.2, 0.25) is 0 Å². The summed E-state index contributed by atoms with van der Waals surface area (Å²) in [5.74, 6) is -0.697. The van der Waals surface area contributed by atoms with Gasteiger partial charge in [0.1, 0.15) is 0 Å². The first-order chi connectivity index (χ1) is 6.11. The normalized spacial score (nSPS) is 10.1. The summed E-state index contributed by atoms with van der Waals surface area (Å²) in [4.78, 5) is 28.1. The fraction of sp³-hybridized carbons (Fsp3) is 0.375. The molecule has 0 aliphatic carbocycles. The molecule has 70 valence electrons. The third-order valence-electron chi connectivity index (χ3n) is 1.24. The highest BCUT2D eigenvalue weighted by Gasteiger charge is 2.13. The van der Waals surface area contributed by atoms with Gasteiger partial charge in [-0.25, -0.2) is 9.78 Å². The lowest BCUT2D eigenvalue weighted by molar-refractivity contribution is 0.0368. The second-order valence-electron chi connectivity index (χ2n) is 2.72. The van der Waals surface area contributed by atoms with Crippen LogP contribution in [0.15, 0.2) is 17.2 Å². The van der Waals surface area contributed by atoms with Crippen LogP contribution < -0.4 is 5.56 Å². The lowest BCUT2D eigenvalue weighted by Crippen LogP contribution is -2.23. The highest BCUT2D eigenvalue weighted by Crippen LogP contribution is 1.94. The van der Waals surface area contributed by atoms with Crippen LogP contribution in [0.1, 0.15) is 24.3 Å². The molecule has 0 saturated heterocycles. The van der Waals surface area contributed by atoms with Crippen LogP contribution in [0.3, 0.4) is 0 Å². The van der Waals surface area contributed by atoms with E-state index in [0.717, 1.165) is 0 Å². The number of carbonyl (C=O) groups is 1. The molecule has 0 radical (unpaired) electrons. The van der Waals surface area contributed by atoms with Crippen molar-refractivity contribution < 1.29 is 9.53 Å². The summed E-state index contributed by atoms with van der Waals surface area (Å²) in [5, 5.41) is 0. The van der Waals surface area contributed by atoms with Gasteiger partial charge in [0, 0.05) is 12.4 Å². The van der Waals surface area contributed by atoms with Crippen molar-refractivity contribution in [3.05, 3.63) is 28.4 Å². The van der Waals surface area contributed by atoms with Crippen LogP contribution in [0.5, 0.6) is 0 Å². The van der Waals surface area contributed by atoms with E-state index in [1.165, 1.54) is 12.4 Å². The summed E-state index contributed by atoms with van der Waals surface area (Å²) in [7, 11) is 0. The molecule has 0 aliphatic heterocycles. The maximum Gasteiger partial charge on any atom is 0.362 e.